The number of nitrogens with two attached hydrogens (primary N) is 1. The van der Waals surface area contributed by atoms with Gasteiger partial charge in [-0.15, -0.1) is 0 Å². The summed E-state index contributed by atoms with van der Waals surface area (Å²) in [5.41, 5.74) is 4.52. The summed E-state index contributed by atoms with van der Waals surface area (Å²) in [4.78, 5) is 10.9. The minimum absolute atomic E-state index is 0. The second kappa shape index (κ2) is 5.50. The Morgan fingerprint density at radius 2 is 2.05 bits per heavy atom. The number of primary amides is 1. The lowest BCUT2D eigenvalue weighted by molar-refractivity contribution is -0.0245. The molecule has 0 aliphatic carbocycles. The van der Waals surface area contributed by atoms with Crippen LogP contribution in [0, 0.1) is 0 Å². The molecule has 1 aliphatic rings. The largest absolute Gasteiger partial charge is 0.504 e. The smallest absolute Gasteiger partial charge is 0.270 e. The van der Waals surface area contributed by atoms with E-state index >= 15 is 0 Å². The van der Waals surface area contributed by atoms with Gasteiger partial charge in [0.2, 0.25) is 0 Å². The first-order valence-electron chi connectivity index (χ1n) is 5.16. The van der Waals surface area contributed by atoms with Crippen LogP contribution in [0.3, 0.4) is 0 Å². The minimum Gasteiger partial charge on any atom is -0.504 e. The molecule has 1 amide bonds. The lowest BCUT2D eigenvalue weighted by Gasteiger charge is -2.12. The van der Waals surface area contributed by atoms with Crippen molar-refractivity contribution in [2.24, 2.45) is 5.73 Å². The quantitative estimate of drug-likeness (QED) is 0.330. The van der Waals surface area contributed by atoms with Crippen LogP contribution in [0.25, 0.3) is 0 Å². The number of amides is 1. The maximum Gasteiger partial charge on any atom is 0.270 e. The van der Waals surface area contributed by atoms with Crippen LogP contribution in [0.5, 0.6) is 5.75 Å². The Morgan fingerprint density at radius 1 is 1.42 bits per heavy atom. The van der Waals surface area contributed by atoms with Crippen molar-refractivity contribution in [1.82, 2.24) is 10.2 Å². The molecule has 0 aromatic carbocycles. The molecule has 1 aliphatic heterocycles. The molecule has 1 aromatic heterocycles. The fraction of sp³-hybridized carbons (Fsp3) is 0.556. The lowest BCUT2D eigenvalue weighted by atomic mass is 10.1. The van der Waals surface area contributed by atoms with Crippen LogP contribution >= 0.6 is 0 Å². The minimum atomic E-state index is -1.38. The van der Waals surface area contributed by atoms with Gasteiger partial charge in [-0.3, -0.25) is 9.89 Å². The Balaban J connectivity index is 0.00000180. The molecule has 10 heteroatoms. The second-order valence-corrected chi connectivity index (χ2v) is 3.96. The van der Waals surface area contributed by atoms with E-state index in [4.69, 9.17) is 15.6 Å². The van der Waals surface area contributed by atoms with E-state index in [9.17, 15) is 20.1 Å². The van der Waals surface area contributed by atoms with E-state index in [0.29, 0.717) is 0 Å². The number of carbonyl (C=O) groups excluding carboxylic acids is 1. The van der Waals surface area contributed by atoms with E-state index in [0.717, 1.165) is 0 Å². The third kappa shape index (κ3) is 2.39. The lowest BCUT2D eigenvalue weighted by Crippen LogP contribution is -2.32. The summed E-state index contributed by atoms with van der Waals surface area (Å²) in [5.74, 6) is -1.46. The monoisotopic (exact) mass is 277 g/mol. The third-order valence-electron chi connectivity index (χ3n) is 2.83. The van der Waals surface area contributed by atoms with Crippen LogP contribution in [0.4, 0.5) is 0 Å². The van der Waals surface area contributed by atoms with Crippen molar-refractivity contribution in [2.75, 3.05) is 6.61 Å². The molecule has 9 N–H and O–H groups in total. The SMILES string of the molecule is NC(=O)c1[nH]nc([C@@H]2O[C@H](CO)[C@@H](O)[C@H]2O)c1O.O. The first-order chi connectivity index (χ1) is 8.47. The summed E-state index contributed by atoms with van der Waals surface area (Å²) >= 11 is 0. The molecule has 4 atom stereocenters. The number of aromatic nitrogens is 2. The van der Waals surface area contributed by atoms with E-state index in [2.05, 4.69) is 10.2 Å². The molecular formula is C9H15N3O7. The zero-order chi connectivity index (χ0) is 13.4. The molecule has 0 spiro atoms. The van der Waals surface area contributed by atoms with Crippen molar-refractivity contribution >= 4 is 5.91 Å². The van der Waals surface area contributed by atoms with E-state index in [-0.39, 0.29) is 16.9 Å². The topological polar surface area (TPSA) is 193 Å². The fourth-order valence-corrected chi connectivity index (χ4v) is 1.85. The molecule has 2 heterocycles. The van der Waals surface area contributed by atoms with Gasteiger partial charge in [-0.1, -0.05) is 0 Å². The number of aliphatic hydroxyl groups excluding tert-OH is 3. The second-order valence-electron chi connectivity index (χ2n) is 3.96. The average molecular weight is 277 g/mol. The molecule has 1 aromatic rings. The normalized spacial score (nSPS) is 30.1. The maximum atomic E-state index is 10.9. The molecule has 2 rings (SSSR count). The number of ether oxygens (including phenoxy) is 1. The number of carbonyl (C=O) groups is 1. The molecule has 0 unspecified atom stereocenters. The molecule has 108 valence electrons. The van der Waals surface area contributed by atoms with Crippen molar-refractivity contribution in [3.05, 3.63) is 11.4 Å². The molecule has 1 saturated heterocycles. The molecule has 0 bridgehead atoms. The summed E-state index contributed by atoms with van der Waals surface area (Å²) in [6.45, 7) is -0.497. The summed E-state index contributed by atoms with van der Waals surface area (Å²) in [6, 6.07) is 0. The number of H-pyrrole nitrogens is 1. The summed E-state index contributed by atoms with van der Waals surface area (Å²) in [6.07, 6.45) is -4.83. The van der Waals surface area contributed by atoms with Crippen molar-refractivity contribution in [3.8, 4) is 5.75 Å². The molecule has 1 fully saturated rings. The zero-order valence-corrected chi connectivity index (χ0v) is 9.65. The number of hydrogen-bond acceptors (Lipinski definition) is 7. The summed E-state index contributed by atoms with van der Waals surface area (Å²) in [5, 5.41) is 43.7. The van der Waals surface area contributed by atoms with Gasteiger partial charge in [-0.05, 0) is 0 Å². The predicted molar refractivity (Wildman–Crippen MR) is 59.1 cm³/mol. The molecular weight excluding hydrogens is 262 g/mol. The van der Waals surface area contributed by atoms with E-state index < -0.39 is 42.7 Å². The van der Waals surface area contributed by atoms with Crippen molar-refractivity contribution in [1.29, 1.82) is 0 Å². The van der Waals surface area contributed by atoms with Gasteiger partial charge >= 0.3 is 0 Å². The van der Waals surface area contributed by atoms with Crippen molar-refractivity contribution in [3.63, 3.8) is 0 Å². The standard InChI is InChI=1S/C9H13N3O6.H2O/c10-9(17)4-6(15)3(11-12-4)8-7(16)5(14)2(1-13)18-8;/h2,5,7-8,13-16H,1H2,(H2,10,17)(H,11,12);1H2/t2-,5-,7-,8+;/m1./s1. The molecule has 10 nitrogen and oxygen atoms in total. The average Bonchev–Trinajstić information content (AvgIpc) is 2.82. The van der Waals surface area contributed by atoms with Gasteiger partial charge < -0.3 is 36.4 Å². The van der Waals surface area contributed by atoms with Gasteiger partial charge in [0.05, 0.1) is 6.61 Å². The Morgan fingerprint density at radius 3 is 2.47 bits per heavy atom. The van der Waals surface area contributed by atoms with Crippen LogP contribution in [0.2, 0.25) is 0 Å². The van der Waals surface area contributed by atoms with Crippen LogP contribution in [0.1, 0.15) is 22.3 Å². The highest BCUT2D eigenvalue weighted by molar-refractivity contribution is 5.93. The number of nitrogens with one attached hydrogen (secondary N) is 1. The van der Waals surface area contributed by atoms with Crippen LogP contribution in [-0.2, 0) is 4.74 Å². The highest BCUT2D eigenvalue weighted by Gasteiger charge is 2.45. The van der Waals surface area contributed by atoms with Crippen molar-refractivity contribution in [2.45, 2.75) is 24.4 Å². The molecule has 0 saturated carbocycles. The maximum absolute atomic E-state index is 10.9. The highest BCUT2D eigenvalue weighted by Crippen LogP contribution is 2.37. The number of nitrogens with zero attached hydrogens (tertiary/aromatic N) is 1. The van der Waals surface area contributed by atoms with Gasteiger partial charge in [0.25, 0.3) is 5.91 Å². The van der Waals surface area contributed by atoms with Gasteiger partial charge in [0.1, 0.15) is 30.1 Å². The Bertz CT molecular complexity index is 463. The number of aliphatic hydroxyl groups is 3. The van der Waals surface area contributed by atoms with Gasteiger partial charge in [0.15, 0.2) is 11.4 Å². The first-order valence-corrected chi connectivity index (χ1v) is 5.16. The van der Waals surface area contributed by atoms with Crippen LogP contribution < -0.4 is 5.73 Å². The summed E-state index contributed by atoms with van der Waals surface area (Å²) < 4.78 is 5.15. The Hall–Kier alpha value is -1.72. The van der Waals surface area contributed by atoms with Gasteiger partial charge in [0, 0.05) is 0 Å². The molecule has 19 heavy (non-hydrogen) atoms. The van der Waals surface area contributed by atoms with E-state index in [1.807, 2.05) is 0 Å². The first kappa shape index (κ1) is 15.3. The van der Waals surface area contributed by atoms with E-state index in [1.54, 1.807) is 0 Å². The third-order valence-corrected chi connectivity index (χ3v) is 2.83. The van der Waals surface area contributed by atoms with Gasteiger partial charge in [-0.2, -0.15) is 5.10 Å². The Kier molecular flexibility index (Phi) is 4.44. The van der Waals surface area contributed by atoms with Crippen molar-refractivity contribution < 1.29 is 35.4 Å². The van der Waals surface area contributed by atoms with Crippen LogP contribution in [0.15, 0.2) is 0 Å². The highest BCUT2D eigenvalue weighted by atomic mass is 16.6. The molecule has 0 radical (unpaired) electrons. The fourth-order valence-electron chi connectivity index (χ4n) is 1.85. The predicted octanol–water partition coefficient (Wildman–Crippen LogP) is -3.46. The zero-order valence-electron chi connectivity index (χ0n) is 9.65. The number of hydrogen-bond donors (Lipinski definition) is 6. The van der Waals surface area contributed by atoms with E-state index in [1.165, 1.54) is 0 Å². The number of aromatic hydroxyl groups is 1. The Labute approximate surface area is 106 Å². The summed E-state index contributed by atoms with van der Waals surface area (Å²) in [7, 11) is 0. The number of rotatable bonds is 3. The number of aromatic amines is 1. The van der Waals surface area contributed by atoms with Crippen LogP contribution in [-0.4, -0.2) is 66.9 Å². The van der Waals surface area contributed by atoms with Gasteiger partial charge in [-0.25, -0.2) is 0 Å².